The molecule has 0 N–H and O–H groups in total. The predicted octanol–water partition coefficient (Wildman–Crippen LogP) is 3.85. The van der Waals surface area contributed by atoms with Gasteiger partial charge in [-0.25, -0.2) is 9.97 Å². The van der Waals surface area contributed by atoms with E-state index in [1.807, 2.05) is 0 Å². The van der Waals surface area contributed by atoms with Gasteiger partial charge in [0, 0.05) is 11.8 Å². The standard InChI is InChI=1S/C15H11F3N4O2S/c1-23-10-4-2-3-9(7-10)13-21-12(24-22-13)8-25-14-19-6-5-11(20-14)15(16,17)18/h2-7H,8H2,1H3. The average Bonchev–Trinajstić information content (AvgIpc) is 3.09. The molecule has 25 heavy (non-hydrogen) atoms. The van der Waals surface area contributed by atoms with Crippen LogP contribution < -0.4 is 4.74 Å². The van der Waals surface area contributed by atoms with Crippen molar-refractivity contribution in [2.45, 2.75) is 17.1 Å². The molecule has 0 aliphatic heterocycles. The highest BCUT2D eigenvalue weighted by atomic mass is 32.2. The maximum atomic E-state index is 12.6. The normalized spacial score (nSPS) is 11.5. The van der Waals surface area contributed by atoms with Gasteiger partial charge in [-0.1, -0.05) is 29.1 Å². The van der Waals surface area contributed by atoms with Gasteiger partial charge in [0.1, 0.15) is 11.4 Å². The van der Waals surface area contributed by atoms with Gasteiger partial charge >= 0.3 is 6.18 Å². The molecule has 0 aliphatic rings. The minimum absolute atomic E-state index is 0.0176. The van der Waals surface area contributed by atoms with Gasteiger partial charge in [-0.2, -0.15) is 18.2 Å². The number of nitrogens with zero attached hydrogens (tertiary/aromatic N) is 4. The Morgan fingerprint density at radius 3 is 2.80 bits per heavy atom. The summed E-state index contributed by atoms with van der Waals surface area (Å²) in [6.45, 7) is 0. The third-order valence-corrected chi connectivity index (χ3v) is 3.89. The Kier molecular flexibility index (Phi) is 4.88. The van der Waals surface area contributed by atoms with E-state index in [4.69, 9.17) is 9.26 Å². The molecule has 0 spiro atoms. The lowest BCUT2D eigenvalue weighted by Crippen LogP contribution is -2.08. The summed E-state index contributed by atoms with van der Waals surface area (Å²) in [4.78, 5) is 11.5. The Balaban J connectivity index is 1.70. The Morgan fingerprint density at radius 2 is 2.04 bits per heavy atom. The Labute approximate surface area is 144 Å². The first-order chi connectivity index (χ1) is 12.0. The number of hydrogen-bond donors (Lipinski definition) is 0. The molecule has 0 atom stereocenters. The molecular formula is C15H11F3N4O2S. The number of thioether (sulfide) groups is 1. The van der Waals surface area contributed by atoms with Crippen LogP contribution in [0.5, 0.6) is 5.75 Å². The zero-order valence-corrected chi connectivity index (χ0v) is 13.6. The van der Waals surface area contributed by atoms with Crippen LogP contribution in [0.3, 0.4) is 0 Å². The number of benzene rings is 1. The zero-order chi connectivity index (χ0) is 17.9. The van der Waals surface area contributed by atoms with Crippen LogP contribution in [0.1, 0.15) is 11.6 Å². The summed E-state index contributed by atoms with van der Waals surface area (Å²) < 4.78 is 48.1. The summed E-state index contributed by atoms with van der Waals surface area (Å²) in [5.74, 6) is 1.41. The molecule has 0 bridgehead atoms. The smallest absolute Gasteiger partial charge is 0.433 e. The SMILES string of the molecule is COc1cccc(-c2noc(CSc3nccc(C(F)(F)F)n3)n2)c1. The second kappa shape index (κ2) is 7.09. The molecule has 2 heterocycles. The van der Waals surface area contributed by atoms with Crippen molar-refractivity contribution in [1.29, 1.82) is 0 Å². The molecule has 10 heteroatoms. The number of rotatable bonds is 5. The highest BCUT2D eigenvalue weighted by Gasteiger charge is 2.32. The summed E-state index contributed by atoms with van der Waals surface area (Å²) in [5.41, 5.74) is -0.290. The Morgan fingerprint density at radius 1 is 1.20 bits per heavy atom. The maximum absolute atomic E-state index is 12.6. The van der Waals surface area contributed by atoms with Gasteiger partial charge in [-0.3, -0.25) is 0 Å². The molecule has 0 unspecified atom stereocenters. The number of halogens is 3. The first kappa shape index (κ1) is 17.2. The van der Waals surface area contributed by atoms with Crippen LogP contribution in [0, 0.1) is 0 Å². The lowest BCUT2D eigenvalue weighted by atomic mass is 10.2. The summed E-state index contributed by atoms with van der Waals surface area (Å²) in [6, 6.07) is 7.93. The largest absolute Gasteiger partial charge is 0.497 e. The van der Waals surface area contributed by atoms with Crippen LogP contribution in [-0.4, -0.2) is 27.2 Å². The van der Waals surface area contributed by atoms with Gasteiger partial charge in [-0.05, 0) is 18.2 Å². The summed E-state index contributed by atoms with van der Waals surface area (Å²) in [6.07, 6.45) is -3.45. The number of alkyl halides is 3. The van der Waals surface area contributed by atoms with Crippen molar-refractivity contribution in [2.24, 2.45) is 0 Å². The lowest BCUT2D eigenvalue weighted by molar-refractivity contribution is -0.141. The number of aromatic nitrogens is 4. The summed E-state index contributed by atoms with van der Waals surface area (Å²) >= 11 is 0.977. The van der Waals surface area contributed by atoms with Crippen LogP contribution in [0.25, 0.3) is 11.4 Å². The minimum atomic E-state index is -4.51. The molecule has 0 aliphatic carbocycles. The van der Waals surface area contributed by atoms with Gasteiger partial charge in [0.2, 0.25) is 11.7 Å². The number of hydrogen-bond acceptors (Lipinski definition) is 7. The Bertz CT molecular complexity index is 870. The minimum Gasteiger partial charge on any atom is -0.497 e. The topological polar surface area (TPSA) is 73.9 Å². The van der Waals surface area contributed by atoms with Crippen molar-refractivity contribution in [2.75, 3.05) is 7.11 Å². The molecule has 0 saturated heterocycles. The van der Waals surface area contributed by atoms with Gasteiger partial charge in [0.15, 0.2) is 5.16 Å². The molecule has 1 aromatic carbocycles. The number of methoxy groups -OCH3 is 1. The summed E-state index contributed by atoms with van der Waals surface area (Å²) in [5, 5.41) is 3.84. The first-order valence-electron chi connectivity index (χ1n) is 6.96. The Hall–Kier alpha value is -2.62. The van der Waals surface area contributed by atoms with Crippen molar-refractivity contribution in [1.82, 2.24) is 20.1 Å². The molecule has 6 nitrogen and oxygen atoms in total. The van der Waals surface area contributed by atoms with Crippen molar-refractivity contribution in [3.8, 4) is 17.1 Å². The molecule has 0 fully saturated rings. The van der Waals surface area contributed by atoms with Crippen LogP contribution in [0.4, 0.5) is 13.2 Å². The molecule has 0 saturated carbocycles. The van der Waals surface area contributed by atoms with E-state index in [-0.39, 0.29) is 16.8 Å². The quantitative estimate of drug-likeness (QED) is 0.500. The molecule has 3 aromatic rings. The summed E-state index contributed by atoms with van der Waals surface area (Å²) in [7, 11) is 1.55. The monoisotopic (exact) mass is 368 g/mol. The van der Waals surface area contributed by atoms with Gasteiger partial charge in [0.25, 0.3) is 0 Å². The third-order valence-electron chi connectivity index (χ3n) is 3.04. The van der Waals surface area contributed by atoms with Gasteiger partial charge in [-0.15, -0.1) is 0 Å². The van der Waals surface area contributed by atoms with Crippen molar-refractivity contribution < 1.29 is 22.4 Å². The second-order valence-electron chi connectivity index (χ2n) is 4.75. The number of ether oxygens (including phenoxy) is 1. The lowest BCUT2D eigenvalue weighted by Gasteiger charge is -2.05. The van der Waals surface area contributed by atoms with E-state index in [0.29, 0.717) is 17.1 Å². The van der Waals surface area contributed by atoms with Crippen molar-refractivity contribution in [3.05, 3.63) is 48.1 Å². The molecule has 0 radical (unpaired) electrons. The van der Waals surface area contributed by atoms with E-state index in [9.17, 15) is 13.2 Å². The highest BCUT2D eigenvalue weighted by molar-refractivity contribution is 7.98. The van der Waals surface area contributed by atoms with Crippen LogP contribution in [-0.2, 0) is 11.9 Å². The highest BCUT2D eigenvalue weighted by Crippen LogP contribution is 2.29. The van der Waals surface area contributed by atoms with Crippen LogP contribution >= 0.6 is 11.8 Å². The van der Waals surface area contributed by atoms with Crippen molar-refractivity contribution in [3.63, 3.8) is 0 Å². The zero-order valence-electron chi connectivity index (χ0n) is 12.8. The van der Waals surface area contributed by atoms with Gasteiger partial charge in [0.05, 0.1) is 12.9 Å². The van der Waals surface area contributed by atoms with E-state index in [1.54, 1.807) is 31.4 Å². The van der Waals surface area contributed by atoms with E-state index in [1.165, 1.54) is 0 Å². The molecule has 0 amide bonds. The fourth-order valence-electron chi connectivity index (χ4n) is 1.89. The van der Waals surface area contributed by atoms with Crippen LogP contribution in [0.15, 0.2) is 46.2 Å². The third kappa shape index (κ3) is 4.27. The van der Waals surface area contributed by atoms with Crippen LogP contribution in [0.2, 0.25) is 0 Å². The van der Waals surface area contributed by atoms with Crippen molar-refractivity contribution >= 4 is 11.8 Å². The molecule has 130 valence electrons. The second-order valence-corrected chi connectivity index (χ2v) is 5.70. The molecular weight excluding hydrogens is 357 g/mol. The van der Waals surface area contributed by atoms with E-state index < -0.39 is 11.9 Å². The van der Waals surface area contributed by atoms with E-state index in [2.05, 4.69) is 20.1 Å². The molecule has 2 aromatic heterocycles. The van der Waals surface area contributed by atoms with Gasteiger partial charge < -0.3 is 9.26 Å². The first-order valence-corrected chi connectivity index (χ1v) is 7.94. The fraction of sp³-hybridized carbons (Fsp3) is 0.200. The average molecular weight is 368 g/mol. The molecule has 3 rings (SSSR count). The van der Waals surface area contributed by atoms with E-state index in [0.717, 1.165) is 24.0 Å². The fourth-order valence-corrected chi connectivity index (χ4v) is 2.56. The maximum Gasteiger partial charge on any atom is 0.433 e. The predicted molar refractivity (Wildman–Crippen MR) is 82.9 cm³/mol. The van der Waals surface area contributed by atoms with E-state index >= 15 is 0 Å².